The van der Waals surface area contributed by atoms with Crippen molar-refractivity contribution >= 4 is 21.4 Å². The molecule has 0 bridgehead atoms. The Labute approximate surface area is 110 Å². The van der Waals surface area contributed by atoms with Gasteiger partial charge in [0.05, 0.1) is 18.6 Å². The minimum atomic E-state index is 0.0708. The summed E-state index contributed by atoms with van der Waals surface area (Å²) in [6, 6.07) is 8.57. The molecule has 2 aromatic rings. The molecule has 1 aliphatic carbocycles. The van der Waals surface area contributed by atoms with Gasteiger partial charge in [0.1, 0.15) is 0 Å². The van der Waals surface area contributed by atoms with Crippen molar-refractivity contribution in [1.82, 2.24) is 0 Å². The van der Waals surface area contributed by atoms with Gasteiger partial charge in [0.25, 0.3) is 0 Å². The summed E-state index contributed by atoms with van der Waals surface area (Å²) in [5.41, 5.74) is 1.57. The topological polar surface area (TPSA) is 29.5 Å². The largest absolute Gasteiger partial charge is 0.396 e. The second-order valence-electron chi connectivity index (χ2n) is 5.66. The first kappa shape index (κ1) is 11.0. The predicted molar refractivity (Wildman–Crippen MR) is 73.1 cm³/mol. The van der Waals surface area contributed by atoms with Gasteiger partial charge in [-0.25, -0.2) is 0 Å². The molecule has 2 fully saturated rings. The Hall–Kier alpha value is -0.900. The zero-order valence-corrected chi connectivity index (χ0v) is 11.0. The van der Waals surface area contributed by atoms with E-state index >= 15 is 0 Å². The maximum absolute atomic E-state index is 9.78. The van der Waals surface area contributed by atoms with E-state index < -0.39 is 0 Å². The van der Waals surface area contributed by atoms with Gasteiger partial charge in [0, 0.05) is 16.7 Å². The maximum Gasteiger partial charge on any atom is 0.0592 e. The van der Waals surface area contributed by atoms with Crippen LogP contribution in [-0.2, 0) is 10.2 Å². The summed E-state index contributed by atoms with van der Waals surface area (Å²) in [4.78, 5) is 0. The molecule has 2 nitrogen and oxygen atoms in total. The normalized spacial score (nSPS) is 23.8. The third kappa shape index (κ3) is 1.20. The van der Waals surface area contributed by atoms with E-state index in [4.69, 9.17) is 4.74 Å². The van der Waals surface area contributed by atoms with E-state index in [2.05, 4.69) is 29.6 Å². The van der Waals surface area contributed by atoms with Crippen molar-refractivity contribution in [2.75, 3.05) is 19.8 Å². The fraction of sp³-hybridized carbons (Fsp3) is 0.467. The van der Waals surface area contributed by atoms with Crippen molar-refractivity contribution in [3.8, 4) is 0 Å². The van der Waals surface area contributed by atoms with Crippen LogP contribution in [0, 0.1) is 5.41 Å². The van der Waals surface area contributed by atoms with Crippen molar-refractivity contribution in [3.05, 3.63) is 35.2 Å². The molecule has 1 saturated heterocycles. The van der Waals surface area contributed by atoms with Crippen molar-refractivity contribution in [2.24, 2.45) is 5.41 Å². The fourth-order valence-electron chi connectivity index (χ4n) is 3.34. The summed E-state index contributed by atoms with van der Waals surface area (Å²) in [5, 5.41) is 13.4. The molecular weight excluding hydrogens is 244 g/mol. The van der Waals surface area contributed by atoms with E-state index in [0.29, 0.717) is 6.61 Å². The minimum absolute atomic E-state index is 0.0708. The molecule has 1 aromatic carbocycles. The number of aliphatic hydroxyl groups excluding tert-OH is 1. The van der Waals surface area contributed by atoms with Crippen LogP contribution in [0.5, 0.6) is 0 Å². The van der Waals surface area contributed by atoms with Gasteiger partial charge in [-0.2, -0.15) is 0 Å². The van der Waals surface area contributed by atoms with Gasteiger partial charge in [0.2, 0.25) is 0 Å². The molecule has 0 unspecified atom stereocenters. The highest BCUT2D eigenvalue weighted by atomic mass is 32.1. The summed E-state index contributed by atoms with van der Waals surface area (Å²) in [5.74, 6) is 0. The molecule has 0 radical (unpaired) electrons. The standard InChI is InChI=1S/C15H16O2S/c16-8-14(5-6-14)15(9-17-10-15)12-7-18-13-4-2-1-3-11(12)13/h1-4,7,16H,5-6,8-10H2. The number of ether oxygens (including phenoxy) is 1. The summed E-state index contributed by atoms with van der Waals surface area (Å²) >= 11 is 1.81. The molecule has 1 aliphatic heterocycles. The van der Waals surface area contributed by atoms with Crippen molar-refractivity contribution < 1.29 is 9.84 Å². The van der Waals surface area contributed by atoms with E-state index in [1.165, 1.54) is 15.6 Å². The van der Waals surface area contributed by atoms with Crippen LogP contribution in [0.25, 0.3) is 10.1 Å². The number of thiophene rings is 1. The molecule has 4 rings (SSSR count). The van der Waals surface area contributed by atoms with Crippen molar-refractivity contribution in [3.63, 3.8) is 0 Å². The number of benzene rings is 1. The van der Waals surface area contributed by atoms with Gasteiger partial charge >= 0.3 is 0 Å². The van der Waals surface area contributed by atoms with Gasteiger partial charge < -0.3 is 9.84 Å². The zero-order valence-electron chi connectivity index (χ0n) is 10.2. The van der Waals surface area contributed by atoms with Crippen LogP contribution in [-0.4, -0.2) is 24.9 Å². The lowest BCUT2D eigenvalue weighted by atomic mass is 9.66. The van der Waals surface area contributed by atoms with E-state index in [9.17, 15) is 5.11 Å². The van der Waals surface area contributed by atoms with Gasteiger partial charge in [-0.05, 0) is 35.2 Å². The predicted octanol–water partition coefficient (Wildman–Crippen LogP) is 2.94. The highest BCUT2D eigenvalue weighted by Crippen LogP contribution is 2.63. The molecule has 0 atom stereocenters. The average Bonchev–Trinajstić information content (AvgIpc) is 3.03. The summed E-state index contributed by atoms with van der Waals surface area (Å²) in [7, 11) is 0. The highest BCUT2D eigenvalue weighted by molar-refractivity contribution is 7.17. The minimum Gasteiger partial charge on any atom is -0.396 e. The fourth-order valence-corrected chi connectivity index (χ4v) is 4.40. The van der Waals surface area contributed by atoms with Crippen molar-refractivity contribution in [1.29, 1.82) is 0 Å². The van der Waals surface area contributed by atoms with E-state index in [-0.39, 0.29) is 10.8 Å². The Morgan fingerprint density at radius 2 is 2.00 bits per heavy atom. The number of hydrogen-bond donors (Lipinski definition) is 1. The summed E-state index contributed by atoms with van der Waals surface area (Å²) in [6.45, 7) is 1.84. The molecule has 2 aliphatic rings. The average molecular weight is 260 g/mol. The smallest absolute Gasteiger partial charge is 0.0592 e. The lowest BCUT2D eigenvalue weighted by Gasteiger charge is -2.47. The number of rotatable bonds is 3. The number of hydrogen-bond acceptors (Lipinski definition) is 3. The van der Waals surface area contributed by atoms with E-state index in [0.717, 1.165) is 26.1 Å². The Kier molecular flexibility index (Phi) is 2.17. The highest BCUT2D eigenvalue weighted by Gasteiger charge is 2.63. The molecule has 18 heavy (non-hydrogen) atoms. The lowest BCUT2D eigenvalue weighted by molar-refractivity contribution is -0.109. The Morgan fingerprint density at radius 3 is 2.61 bits per heavy atom. The molecular formula is C15H16O2S. The Morgan fingerprint density at radius 1 is 1.22 bits per heavy atom. The van der Waals surface area contributed by atoms with Crippen LogP contribution in [0.2, 0.25) is 0 Å². The van der Waals surface area contributed by atoms with Crippen LogP contribution in [0.1, 0.15) is 18.4 Å². The van der Waals surface area contributed by atoms with E-state index in [1.54, 1.807) is 0 Å². The monoisotopic (exact) mass is 260 g/mol. The zero-order chi connectivity index (χ0) is 12.2. The first-order valence-electron chi connectivity index (χ1n) is 6.47. The lowest BCUT2D eigenvalue weighted by Crippen LogP contribution is -2.54. The Bertz CT molecular complexity index is 593. The molecule has 94 valence electrons. The van der Waals surface area contributed by atoms with Crippen LogP contribution in [0.15, 0.2) is 29.6 Å². The van der Waals surface area contributed by atoms with Crippen LogP contribution < -0.4 is 0 Å². The molecule has 1 aromatic heterocycles. The summed E-state index contributed by atoms with van der Waals surface area (Å²) < 4.78 is 6.87. The quantitative estimate of drug-likeness (QED) is 0.919. The molecule has 1 saturated carbocycles. The number of aliphatic hydroxyl groups is 1. The molecule has 0 spiro atoms. The second kappa shape index (κ2) is 3.56. The first-order chi connectivity index (χ1) is 8.81. The molecule has 1 N–H and O–H groups in total. The third-order valence-electron chi connectivity index (χ3n) is 4.86. The van der Waals surface area contributed by atoms with Gasteiger partial charge in [-0.3, -0.25) is 0 Å². The molecule has 2 heterocycles. The van der Waals surface area contributed by atoms with Gasteiger partial charge in [0.15, 0.2) is 0 Å². The maximum atomic E-state index is 9.78. The van der Waals surface area contributed by atoms with Gasteiger partial charge in [-0.15, -0.1) is 11.3 Å². The Balaban J connectivity index is 1.90. The van der Waals surface area contributed by atoms with Crippen LogP contribution in [0.3, 0.4) is 0 Å². The molecule has 3 heteroatoms. The first-order valence-corrected chi connectivity index (χ1v) is 7.35. The van der Waals surface area contributed by atoms with E-state index in [1.807, 2.05) is 11.3 Å². The second-order valence-corrected chi connectivity index (χ2v) is 6.57. The van der Waals surface area contributed by atoms with Crippen molar-refractivity contribution in [2.45, 2.75) is 18.3 Å². The van der Waals surface area contributed by atoms with Gasteiger partial charge in [-0.1, -0.05) is 18.2 Å². The molecule has 0 amide bonds. The summed E-state index contributed by atoms with van der Waals surface area (Å²) in [6.07, 6.45) is 2.27. The van der Waals surface area contributed by atoms with Crippen LogP contribution >= 0.6 is 11.3 Å². The van der Waals surface area contributed by atoms with Crippen LogP contribution in [0.4, 0.5) is 0 Å². The third-order valence-corrected chi connectivity index (χ3v) is 5.83. The number of fused-ring (bicyclic) bond motifs is 1. The SMILES string of the molecule is OCC1(C2(c3csc4ccccc34)COC2)CC1.